The van der Waals surface area contributed by atoms with Crippen LogP contribution in [0.15, 0.2) is 42.5 Å². The van der Waals surface area contributed by atoms with Gasteiger partial charge in [0.15, 0.2) is 11.5 Å². The molecule has 0 spiro atoms. The first-order valence-electron chi connectivity index (χ1n) is 9.40. The molecule has 162 valence electrons. The minimum absolute atomic E-state index is 0.00954. The Morgan fingerprint density at radius 1 is 1.16 bits per heavy atom. The van der Waals surface area contributed by atoms with Crippen molar-refractivity contribution in [3.8, 4) is 11.5 Å². The maximum atomic E-state index is 12.4. The SMILES string of the molecule is C[C@@H](Cc1ccc2c(c1)OC(C(=O)O)(C(=O)O)O2)N1C[C@@H](c2cccc(Cl)c2)OC1=O. The molecule has 2 N–H and O–H groups in total. The van der Waals surface area contributed by atoms with Crippen molar-refractivity contribution in [2.24, 2.45) is 0 Å². The van der Waals surface area contributed by atoms with Crippen molar-refractivity contribution in [3.05, 3.63) is 58.6 Å². The molecule has 2 heterocycles. The average molecular weight is 448 g/mol. The molecule has 2 aliphatic heterocycles. The van der Waals surface area contributed by atoms with E-state index in [1.165, 1.54) is 12.1 Å². The van der Waals surface area contributed by atoms with E-state index in [9.17, 15) is 24.6 Å². The summed E-state index contributed by atoms with van der Waals surface area (Å²) >= 11 is 6.02. The summed E-state index contributed by atoms with van der Waals surface area (Å²) < 4.78 is 15.7. The maximum Gasteiger partial charge on any atom is 0.453 e. The molecule has 0 bridgehead atoms. The van der Waals surface area contributed by atoms with Gasteiger partial charge in [0.25, 0.3) is 0 Å². The Morgan fingerprint density at radius 2 is 1.87 bits per heavy atom. The van der Waals surface area contributed by atoms with Crippen LogP contribution in [0.25, 0.3) is 0 Å². The van der Waals surface area contributed by atoms with Gasteiger partial charge in [-0.2, -0.15) is 0 Å². The highest BCUT2D eigenvalue weighted by Gasteiger charge is 2.57. The van der Waals surface area contributed by atoms with Gasteiger partial charge in [0.2, 0.25) is 0 Å². The van der Waals surface area contributed by atoms with Gasteiger partial charge in [0, 0.05) is 11.1 Å². The molecule has 10 heteroatoms. The summed E-state index contributed by atoms with van der Waals surface area (Å²) in [6.07, 6.45) is -0.479. The van der Waals surface area contributed by atoms with Crippen molar-refractivity contribution < 1.29 is 38.8 Å². The molecule has 0 unspecified atom stereocenters. The normalized spacial score (nSPS) is 19.7. The molecular formula is C21H18ClNO8. The summed E-state index contributed by atoms with van der Waals surface area (Å²) in [7, 11) is 0. The van der Waals surface area contributed by atoms with Gasteiger partial charge in [-0.1, -0.05) is 29.8 Å². The summed E-state index contributed by atoms with van der Waals surface area (Å²) in [5, 5.41) is 19.0. The van der Waals surface area contributed by atoms with Crippen LogP contribution in [-0.4, -0.2) is 51.5 Å². The predicted molar refractivity (Wildman–Crippen MR) is 106 cm³/mol. The number of nitrogens with zero attached hydrogens (tertiary/aromatic N) is 1. The van der Waals surface area contributed by atoms with Gasteiger partial charge in [0.05, 0.1) is 6.54 Å². The Hall–Kier alpha value is -3.46. The molecule has 1 fully saturated rings. The third kappa shape index (κ3) is 3.72. The molecule has 2 aromatic rings. The van der Waals surface area contributed by atoms with Crippen LogP contribution in [0.4, 0.5) is 4.79 Å². The van der Waals surface area contributed by atoms with Crippen LogP contribution in [0.5, 0.6) is 11.5 Å². The first-order chi connectivity index (χ1) is 14.7. The number of ether oxygens (including phenoxy) is 3. The topological polar surface area (TPSA) is 123 Å². The lowest BCUT2D eigenvalue weighted by molar-refractivity contribution is -0.194. The highest BCUT2D eigenvalue weighted by Crippen LogP contribution is 2.41. The summed E-state index contributed by atoms with van der Waals surface area (Å²) in [5.41, 5.74) is 1.51. The second-order valence-corrected chi connectivity index (χ2v) is 7.78. The van der Waals surface area contributed by atoms with Crippen molar-refractivity contribution in [1.29, 1.82) is 0 Å². The fourth-order valence-corrected chi connectivity index (χ4v) is 3.81. The number of carboxylic acids is 2. The van der Waals surface area contributed by atoms with Crippen LogP contribution < -0.4 is 9.47 Å². The van der Waals surface area contributed by atoms with Crippen LogP contribution >= 0.6 is 11.6 Å². The zero-order valence-corrected chi connectivity index (χ0v) is 17.0. The largest absolute Gasteiger partial charge is 0.475 e. The summed E-state index contributed by atoms with van der Waals surface area (Å²) in [6.45, 7) is 2.21. The van der Waals surface area contributed by atoms with Crippen molar-refractivity contribution in [2.45, 2.75) is 31.3 Å². The first-order valence-corrected chi connectivity index (χ1v) is 9.78. The number of hydrogen-bond acceptors (Lipinski definition) is 6. The number of benzene rings is 2. The molecule has 9 nitrogen and oxygen atoms in total. The highest BCUT2D eigenvalue weighted by molar-refractivity contribution is 6.30. The predicted octanol–water partition coefficient (Wildman–Crippen LogP) is 3.10. The lowest BCUT2D eigenvalue weighted by Crippen LogP contribution is -2.54. The van der Waals surface area contributed by atoms with Crippen molar-refractivity contribution in [3.63, 3.8) is 0 Å². The van der Waals surface area contributed by atoms with E-state index in [-0.39, 0.29) is 17.5 Å². The second kappa shape index (κ2) is 7.66. The molecule has 0 aliphatic carbocycles. The molecule has 1 saturated heterocycles. The van der Waals surface area contributed by atoms with Crippen LogP contribution in [0, 0.1) is 0 Å². The van der Waals surface area contributed by atoms with E-state index in [2.05, 4.69) is 0 Å². The van der Waals surface area contributed by atoms with Gasteiger partial charge < -0.3 is 29.3 Å². The van der Waals surface area contributed by atoms with Crippen LogP contribution in [0.1, 0.15) is 24.2 Å². The Balaban J connectivity index is 1.47. The number of aliphatic carboxylic acids is 2. The zero-order chi connectivity index (χ0) is 22.3. The fourth-order valence-electron chi connectivity index (χ4n) is 3.61. The molecule has 0 aromatic heterocycles. The second-order valence-electron chi connectivity index (χ2n) is 7.35. The lowest BCUT2D eigenvalue weighted by atomic mass is 10.0. The molecule has 2 aliphatic rings. The number of hydrogen-bond donors (Lipinski definition) is 2. The number of carbonyl (C=O) groups is 3. The number of carboxylic acid groups (broad SMARTS) is 2. The van der Waals surface area contributed by atoms with E-state index >= 15 is 0 Å². The van der Waals surface area contributed by atoms with E-state index < -0.39 is 29.9 Å². The van der Waals surface area contributed by atoms with Crippen LogP contribution in [-0.2, 0) is 20.7 Å². The molecule has 1 amide bonds. The van der Waals surface area contributed by atoms with Crippen molar-refractivity contribution in [2.75, 3.05) is 6.54 Å². The number of fused-ring (bicyclic) bond motifs is 1. The quantitative estimate of drug-likeness (QED) is 0.647. The monoisotopic (exact) mass is 447 g/mol. The van der Waals surface area contributed by atoms with Gasteiger partial charge in [0.1, 0.15) is 6.10 Å². The third-order valence-electron chi connectivity index (χ3n) is 5.20. The molecular weight excluding hydrogens is 430 g/mol. The molecule has 0 saturated carbocycles. The zero-order valence-electron chi connectivity index (χ0n) is 16.3. The van der Waals surface area contributed by atoms with Crippen molar-refractivity contribution >= 4 is 29.6 Å². The smallest absolute Gasteiger partial charge is 0.453 e. The highest BCUT2D eigenvalue weighted by atomic mass is 35.5. The number of cyclic esters (lactones) is 1. The lowest BCUT2D eigenvalue weighted by Gasteiger charge is -2.22. The summed E-state index contributed by atoms with van der Waals surface area (Å²) in [5.74, 6) is -6.32. The van der Waals surface area contributed by atoms with Gasteiger partial charge >= 0.3 is 23.8 Å². The molecule has 0 radical (unpaired) electrons. The standard InChI is InChI=1S/C21H18ClNO8/c1-11(23-10-17(29-20(23)28)13-3-2-4-14(22)9-13)7-12-5-6-15-16(8-12)31-21(30-15,18(24)25)19(26)27/h2-6,8-9,11,17H,7,10H2,1H3,(H,24,25)(H,26,27)/t11-,17-/m0/s1. The Kier molecular flexibility index (Phi) is 5.14. The Labute approximate surface area is 181 Å². The third-order valence-corrected chi connectivity index (χ3v) is 5.44. The molecule has 2 atom stereocenters. The molecule has 31 heavy (non-hydrogen) atoms. The van der Waals surface area contributed by atoms with E-state index in [0.29, 0.717) is 23.6 Å². The number of carbonyl (C=O) groups excluding carboxylic acids is 1. The van der Waals surface area contributed by atoms with Gasteiger partial charge in [-0.25, -0.2) is 14.4 Å². The van der Waals surface area contributed by atoms with Crippen LogP contribution in [0.2, 0.25) is 5.02 Å². The maximum absolute atomic E-state index is 12.4. The minimum atomic E-state index is -2.81. The van der Waals surface area contributed by atoms with Gasteiger partial charge in [-0.05, 0) is 48.7 Å². The fraction of sp³-hybridized carbons (Fsp3) is 0.286. The van der Waals surface area contributed by atoms with E-state index in [0.717, 1.165) is 5.56 Å². The first kappa shape index (κ1) is 20.8. The number of halogens is 1. The van der Waals surface area contributed by atoms with E-state index in [1.807, 2.05) is 13.0 Å². The number of rotatable bonds is 6. The van der Waals surface area contributed by atoms with E-state index in [1.54, 1.807) is 29.2 Å². The Morgan fingerprint density at radius 3 is 2.55 bits per heavy atom. The van der Waals surface area contributed by atoms with Gasteiger partial charge in [-0.3, -0.25) is 0 Å². The van der Waals surface area contributed by atoms with Crippen LogP contribution in [0.3, 0.4) is 0 Å². The minimum Gasteiger partial charge on any atom is -0.475 e. The van der Waals surface area contributed by atoms with Crippen molar-refractivity contribution in [1.82, 2.24) is 4.90 Å². The molecule has 2 aromatic carbocycles. The number of amides is 1. The molecule has 4 rings (SSSR count). The summed E-state index contributed by atoms with van der Waals surface area (Å²) in [6, 6.07) is 11.5. The van der Waals surface area contributed by atoms with E-state index in [4.69, 9.17) is 25.8 Å². The van der Waals surface area contributed by atoms with Gasteiger partial charge in [-0.15, -0.1) is 0 Å². The Bertz CT molecular complexity index is 1060. The summed E-state index contributed by atoms with van der Waals surface area (Å²) in [4.78, 5) is 36.7. The average Bonchev–Trinajstić information content (AvgIpc) is 3.29.